The van der Waals surface area contributed by atoms with Gasteiger partial charge in [-0.05, 0) is 32.0 Å². The van der Waals surface area contributed by atoms with Crippen molar-refractivity contribution in [1.82, 2.24) is 0 Å². The molecule has 4 heteroatoms. The molecule has 1 rings (SSSR count). The number of carbonyl (C=O) groups is 1. The van der Waals surface area contributed by atoms with Gasteiger partial charge in [-0.2, -0.15) is 0 Å². The van der Waals surface area contributed by atoms with Crippen molar-refractivity contribution in [2.75, 3.05) is 23.8 Å². The van der Waals surface area contributed by atoms with Gasteiger partial charge < -0.3 is 15.4 Å². The smallest absolute Gasteiger partial charge is 0.224 e. The predicted octanol–water partition coefficient (Wildman–Crippen LogP) is 2.87. The molecular weight excluding hydrogens is 228 g/mol. The van der Waals surface area contributed by atoms with E-state index in [1.165, 1.54) is 0 Å². The van der Waals surface area contributed by atoms with E-state index >= 15 is 0 Å². The molecule has 0 spiro atoms. The predicted molar refractivity (Wildman–Crippen MR) is 74.9 cm³/mol. The third-order valence-corrected chi connectivity index (χ3v) is 2.45. The summed E-state index contributed by atoms with van der Waals surface area (Å²) >= 11 is 0. The third-order valence-electron chi connectivity index (χ3n) is 2.45. The summed E-state index contributed by atoms with van der Waals surface area (Å²) in [5, 5.41) is 6.17. The summed E-state index contributed by atoms with van der Waals surface area (Å²) in [6, 6.07) is 7.94. The minimum atomic E-state index is 0.0227. The van der Waals surface area contributed by atoms with E-state index in [0.29, 0.717) is 13.0 Å². The van der Waals surface area contributed by atoms with Gasteiger partial charge in [0, 0.05) is 30.4 Å². The van der Waals surface area contributed by atoms with Crippen molar-refractivity contribution in [2.24, 2.45) is 0 Å². The van der Waals surface area contributed by atoms with Gasteiger partial charge >= 0.3 is 0 Å². The Morgan fingerprint density at radius 2 is 2.06 bits per heavy atom. The topological polar surface area (TPSA) is 50.4 Å². The Morgan fingerprint density at radius 3 is 2.72 bits per heavy atom. The molecule has 0 aliphatic carbocycles. The Morgan fingerprint density at radius 1 is 1.33 bits per heavy atom. The second-order valence-corrected chi connectivity index (χ2v) is 4.19. The summed E-state index contributed by atoms with van der Waals surface area (Å²) < 4.78 is 5.35. The molecule has 0 saturated carbocycles. The number of ether oxygens (including phenoxy) is 1. The highest BCUT2D eigenvalue weighted by Crippen LogP contribution is 2.16. The van der Waals surface area contributed by atoms with Gasteiger partial charge in [0.1, 0.15) is 0 Å². The van der Waals surface area contributed by atoms with Crippen molar-refractivity contribution in [3.8, 4) is 0 Å². The van der Waals surface area contributed by atoms with E-state index in [2.05, 4.69) is 17.6 Å². The molecule has 0 bridgehead atoms. The summed E-state index contributed by atoms with van der Waals surface area (Å²) in [6.45, 7) is 7.27. The van der Waals surface area contributed by atoms with Crippen molar-refractivity contribution in [3.63, 3.8) is 0 Å². The van der Waals surface area contributed by atoms with Crippen LogP contribution in [0.3, 0.4) is 0 Å². The van der Waals surface area contributed by atoms with Crippen LogP contribution < -0.4 is 10.6 Å². The number of rotatable bonds is 7. The highest BCUT2D eigenvalue weighted by molar-refractivity contribution is 5.90. The van der Waals surface area contributed by atoms with Gasteiger partial charge in [0.2, 0.25) is 5.91 Å². The normalized spacial score (nSPS) is 11.9. The lowest BCUT2D eigenvalue weighted by Gasteiger charge is -2.15. The molecule has 0 aliphatic heterocycles. The average molecular weight is 250 g/mol. The Balaban J connectivity index is 2.56. The fourth-order valence-electron chi connectivity index (χ4n) is 1.56. The zero-order valence-corrected chi connectivity index (χ0v) is 11.3. The van der Waals surface area contributed by atoms with Gasteiger partial charge in [0.05, 0.1) is 6.61 Å². The Kier molecular flexibility index (Phi) is 6.22. The fraction of sp³-hybridized carbons (Fsp3) is 0.500. The molecule has 0 radical (unpaired) electrons. The van der Waals surface area contributed by atoms with Crippen LogP contribution in [0.1, 0.15) is 27.2 Å². The minimum absolute atomic E-state index is 0.0227. The molecule has 1 aromatic rings. The number of benzene rings is 1. The van der Waals surface area contributed by atoms with Crippen molar-refractivity contribution < 1.29 is 9.53 Å². The van der Waals surface area contributed by atoms with Crippen LogP contribution in [0.5, 0.6) is 0 Å². The summed E-state index contributed by atoms with van der Waals surface area (Å²) in [6.07, 6.45) is 0.485. The van der Waals surface area contributed by atoms with Crippen LogP contribution in [-0.4, -0.2) is 25.2 Å². The number of hydrogen-bond donors (Lipinski definition) is 2. The molecular formula is C14H22N2O2. The fourth-order valence-corrected chi connectivity index (χ4v) is 1.56. The van der Waals surface area contributed by atoms with E-state index in [9.17, 15) is 4.79 Å². The largest absolute Gasteiger partial charge is 0.380 e. The molecule has 1 amide bonds. The maximum Gasteiger partial charge on any atom is 0.224 e. The van der Waals surface area contributed by atoms with Crippen LogP contribution in [0, 0.1) is 0 Å². The highest BCUT2D eigenvalue weighted by Gasteiger charge is 2.03. The summed E-state index contributed by atoms with van der Waals surface area (Å²) in [7, 11) is 0. The minimum Gasteiger partial charge on any atom is -0.380 e. The monoisotopic (exact) mass is 250 g/mol. The maximum absolute atomic E-state index is 11.3. The van der Waals surface area contributed by atoms with Crippen LogP contribution in [0.2, 0.25) is 0 Å². The summed E-state index contributed by atoms with van der Waals surface area (Å²) in [5.41, 5.74) is 1.80. The molecule has 0 fully saturated rings. The molecule has 1 aromatic carbocycles. The lowest BCUT2D eigenvalue weighted by Crippen LogP contribution is -2.21. The molecule has 0 aliphatic rings. The molecule has 100 valence electrons. The molecule has 0 saturated heterocycles. The van der Waals surface area contributed by atoms with Gasteiger partial charge in [-0.3, -0.25) is 4.79 Å². The second kappa shape index (κ2) is 7.71. The van der Waals surface area contributed by atoms with Crippen molar-refractivity contribution in [1.29, 1.82) is 0 Å². The molecule has 1 atom stereocenters. The van der Waals surface area contributed by atoms with Crippen LogP contribution >= 0.6 is 0 Å². The molecule has 1 unspecified atom stereocenters. The van der Waals surface area contributed by atoms with Crippen LogP contribution in [-0.2, 0) is 9.53 Å². The highest BCUT2D eigenvalue weighted by atomic mass is 16.5. The van der Waals surface area contributed by atoms with Gasteiger partial charge in [-0.15, -0.1) is 0 Å². The number of hydrogen-bond acceptors (Lipinski definition) is 3. The van der Waals surface area contributed by atoms with Gasteiger partial charge in [0.25, 0.3) is 0 Å². The van der Waals surface area contributed by atoms with E-state index in [4.69, 9.17) is 4.74 Å². The van der Waals surface area contributed by atoms with Crippen LogP contribution in [0.25, 0.3) is 0 Å². The van der Waals surface area contributed by atoms with Crippen LogP contribution in [0.4, 0.5) is 11.4 Å². The summed E-state index contributed by atoms with van der Waals surface area (Å²) in [4.78, 5) is 11.3. The Labute approximate surface area is 109 Å². The molecule has 4 nitrogen and oxygen atoms in total. The SMILES string of the molecule is CCOCC(C)Nc1cccc(NC(=O)CC)c1. The maximum atomic E-state index is 11.3. The van der Waals surface area contributed by atoms with E-state index in [0.717, 1.165) is 18.0 Å². The van der Waals surface area contributed by atoms with Crippen molar-refractivity contribution in [3.05, 3.63) is 24.3 Å². The molecule has 18 heavy (non-hydrogen) atoms. The van der Waals surface area contributed by atoms with Crippen molar-refractivity contribution >= 4 is 17.3 Å². The first-order chi connectivity index (χ1) is 8.65. The van der Waals surface area contributed by atoms with E-state index < -0.39 is 0 Å². The Bertz CT molecular complexity index is 380. The van der Waals surface area contributed by atoms with E-state index in [1.54, 1.807) is 0 Å². The Hall–Kier alpha value is -1.55. The standard InChI is InChI=1S/C14H22N2O2/c1-4-14(17)16-13-8-6-7-12(9-13)15-11(3)10-18-5-2/h6-9,11,15H,4-5,10H2,1-3H3,(H,16,17). The number of anilines is 2. The van der Waals surface area contributed by atoms with E-state index in [1.807, 2.05) is 38.1 Å². The number of nitrogens with one attached hydrogen (secondary N) is 2. The lowest BCUT2D eigenvalue weighted by molar-refractivity contribution is -0.115. The average Bonchev–Trinajstić information content (AvgIpc) is 2.36. The molecule has 0 aromatic heterocycles. The first-order valence-electron chi connectivity index (χ1n) is 6.39. The van der Waals surface area contributed by atoms with E-state index in [-0.39, 0.29) is 11.9 Å². The zero-order valence-electron chi connectivity index (χ0n) is 11.3. The van der Waals surface area contributed by atoms with Crippen molar-refractivity contribution in [2.45, 2.75) is 33.2 Å². The first kappa shape index (κ1) is 14.5. The zero-order chi connectivity index (χ0) is 13.4. The molecule has 2 N–H and O–H groups in total. The quantitative estimate of drug-likeness (QED) is 0.782. The second-order valence-electron chi connectivity index (χ2n) is 4.19. The molecule has 0 heterocycles. The first-order valence-corrected chi connectivity index (χ1v) is 6.39. The summed E-state index contributed by atoms with van der Waals surface area (Å²) in [5.74, 6) is 0.0227. The van der Waals surface area contributed by atoms with Gasteiger partial charge in [-0.1, -0.05) is 13.0 Å². The van der Waals surface area contributed by atoms with Gasteiger partial charge in [-0.25, -0.2) is 0 Å². The van der Waals surface area contributed by atoms with Crippen LogP contribution in [0.15, 0.2) is 24.3 Å². The number of amides is 1. The third kappa shape index (κ3) is 5.19. The number of carbonyl (C=O) groups excluding carboxylic acids is 1. The van der Waals surface area contributed by atoms with Gasteiger partial charge in [0.15, 0.2) is 0 Å². The lowest BCUT2D eigenvalue weighted by atomic mass is 10.2.